The number of rotatable bonds is 2. The Kier molecular flexibility index (Phi) is 5.13. The van der Waals surface area contributed by atoms with Crippen LogP contribution in [0.3, 0.4) is 0 Å². The first-order valence-electron chi connectivity index (χ1n) is 7.38. The topological polar surface area (TPSA) is 15.3 Å². The van der Waals surface area contributed by atoms with Gasteiger partial charge in [0.2, 0.25) is 0 Å². The van der Waals surface area contributed by atoms with E-state index in [1.165, 1.54) is 71.1 Å². The monoisotopic (exact) mass is 258 g/mol. The molecule has 0 bridgehead atoms. The number of fused-ring (bicyclic) bond motifs is 1. The smallest absolute Gasteiger partial charge is 0.0124 e. The third-order valence-electron chi connectivity index (χ3n) is 5.06. The number of likely N-dealkylation sites (tertiary alicyclic amines) is 1. The van der Waals surface area contributed by atoms with E-state index >= 15 is 0 Å². The molecule has 1 saturated carbocycles. The van der Waals surface area contributed by atoms with Crippen LogP contribution in [0.5, 0.6) is 0 Å². The zero-order chi connectivity index (χ0) is 10.8. The molecule has 0 spiro atoms. The summed E-state index contributed by atoms with van der Waals surface area (Å²) in [6.07, 6.45) is 10.3. The quantitative estimate of drug-likeness (QED) is 0.819. The molecule has 0 aromatic rings. The van der Waals surface area contributed by atoms with Gasteiger partial charge in [0.15, 0.2) is 0 Å². The molecule has 0 amide bonds. The molecule has 3 fully saturated rings. The van der Waals surface area contributed by atoms with Crippen LogP contribution in [0, 0.1) is 11.8 Å². The van der Waals surface area contributed by atoms with E-state index in [9.17, 15) is 0 Å². The Morgan fingerprint density at radius 2 is 1.71 bits per heavy atom. The minimum Gasteiger partial charge on any atom is -0.317 e. The Balaban J connectivity index is 0.00000108. The second kappa shape index (κ2) is 6.40. The molecule has 3 rings (SSSR count). The van der Waals surface area contributed by atoms with Gasteiger partial charge in [-0.15, -0.1) is 12.4 Å². The largest absolute Gasteiger partial charge is 0.317 e. The molecule has 2 heterocycles. The van der Waals surface area contributed by atoms with Crippen LogP contribution in [0.25, 0.3) is 0 Å². The molecule has 17 heavy (non-hydrogen) atoms. The second-order valence-electron chi connectivity index (χ2n) is 6.09. The summed E-state index contributed by atoms with van der Waals surface area (Å²) >= 11 is 0. The third-order valence-corrected chi connectivity index (χ3v) is 5.06. The molecule has 2 atom stereocenters. The predicted molar refractivity (Wildman–Crippen MR) is 74.8 cm³/mol. The summed E-state index contributed by atoms with van der Waals surface area (Å²) < 4.78 is 0. The first-order chi connectivity index (χ1) is 7.93. The number of halogens is 1. The van der Waals surface area contributed by atoms with Gasteiger partial charge in [0.1, 0.15) is 0 Å². The van der Waals surface area contributed by atoms with Crippen LogP contribution in [-0.4, -0.2) is 37.1 Å². The molecule has 100 valence electrons. The first-order valence-corrected chi connectivity index (χ1v) is 7.38. The van der Waals surface area contributed by atoms with Crippen molar-refractivity contribution in [1.82, 2.24) is 10.2 Å². The summed E-state index contributed by atoms with van der Waals surface area (Å²) in [5.74, 6) is 2.05. The molecule has 2 saturated heterocycles. The summed E-state index contributed by atoms with van der Waals surface area (Å²) in [5.41, 5.74) is 0. The molecule has 2 unspecified atom stereocenters. The lowest BCUT2D eigenvalue weighted by molar-refractivity contribution is 0.0876. The van der Waals surface area contributed by atoms with Crippen LogP contribution >= 0.6 is 12.4 Å². The Bertz CT molecular complexity index is 228. The lowest BCUT2D eigenvalue weighted by Crippen LogP contribution is -2.46. The van der Waals surface area contributed by atoms with Gasteiger partial charge in [0.25, 0.3) is 0 Å². The van der Waals surface area contributed by atoms with Gasteiger partial charge >= 0.3 is 0 Å². The molecule has 3 aliphatic rings. The molecule has 1 aliphatic carbocycles. The van der Waals surface area contributed by atoms with Gasteiger partial charge in [-0.25, -0.2) is 0 Å². The fourth-order valence-electron chi connectivity index (χ4n) is 4.18. The molecule has 0 aromatic heterocycles. The summed E-state index contributed by atoms with van der Waals surface area (Å²) in [7, 11) is 0. The zero-order valence-electron chi connectivity index (χ0n) is 10.9. The number of hydrogen-bond acceptors (Lipinski definition) is 2. The average Bonchev–Trinajstić information content (AvgIpc) is 2.80. The summed E-state index contributed by atoms with van der Waals surface area (Å²) in [5, 5.41) is 3.48. The minimum absolute atomic E-state index is 0. The van der Waals surface area contributed by atoms with Gasteiger partial charge in [0.05, 0.1) is 0 Å². The van der Waals surface area contributed by atoms with Gasteiger partial charge in [-0.05, 0) is 70.0 Å². The van der Waals surface area contributed by atoms with Crippen molar-refractivity contribution in [3.63, 3.8) is 0 Å². The standard InChI is InChI=1S/C14H26N2.ClH/c1-3-13-4-2-10-16(14(13)5-1)11-12-6-8-15-9-7-12;/h12-15H,1-11H2;1H. The van der Waals surface area contributed by atoms with Crippen LogP contribution in [0.4, 0.5) is 0 Å². The van der Waals surface area contributed by atoms with E-state index < -0.39 is 0 Å². The fraction of sp³-hybridized carbons (Fsp3) is 1.00. The van der Waals surface area contributed by atoms with E-state index in [0.717, 1.165) is 17.9 Å². The van der Waals surface area contributed by atoms with Gasteiger partial charge in [0, 0.05) is 12.6 Å². The van der Waals surface area contributed by atoms with E-state index in [2.05, 4.69) is 10.2 Å². The van der Waals surface area contributed by atoms with Gasteiger partial charge in [-0.2, -0.15) is 0 Å². The van der Waals surface area contributed by atoms with Crippen molar-refractivity contribution in [2.45, 2.75) is 51.0 Å². The van der Waals surface area contributed by atoms with E-state index in [-0.39, 0.29) is 12.4 Å². The molecule has 0 radical (unpaired) electrons. The molecule has 1 N–H and O–H groups in total. The summed E-state index contributed by atoms with van der Waals surface area (Å²) in [4.78, 5) is 2.86. The van der Waals surface area contributed by atoms with Crippen LogP contribution in [-0.2, 0) is 0 Å². The van der Waals surface area contributed by atoms with Gasteiger partial charge in [-0.1, -0.05) is 6.42 Å². The lowest BCUT2D eigenvalue weighted by atomic mass is 9.89. The maximum atomic E-state index is 3.48. The number of hydrogen-bond donors (Lipinski definition) is 1. The van der Waals surface area contributed by atoms with Crippen LogP contribution in [0.2, 0.25) is 0 Å². The second-order valence-corrected chi connectivity index (χ2v) is 6.09. The number of nitrogens with one attached hydrogen (secondary N) is 1. The van der Waals surface area contributed by atoms with E-state index in [1.807, 2.05) is 0 Å². The highest BCUT2D eigenvalue weighted by Gasteiger charge is 2.35. The van der Waals surface area contributed by atoms with Crippen molar-refractivity contribution in [2.24, 2.45) is 11.8 Å². The molecule has 3 heteroatoms. The van der Waals surface area contributed by atoms with E-state index in [4.69, 9.17) is 0 Å². The molecule has 2 nitrogen and oxygen atoms in total. The highest BCUT2D eigenvalue weighted by molar-refractivity contribution is 5.85. The van der Waals surface area contributed by atoms with Crippen molar-refractivity contribution in [1.29, 1.82) is 0 Å². The number of nitrogens with zero attached hydrogens (tertiary/aromatic N) is 1. The zero-order valence-corrected chi connectivity index (χ0v) is 11.7. The predicted octanol–water partition coefficient (Wildman–Crippen LogP) is 2.67. The van der Waals surface area contributed by atoms with Gasteiger partial charge in [-0.3, -0.25) is 4.90 Å². The van der Waals surface area contributed by atoms with Crippen molar-refractivity contribution < 1.29 is 0 Å². The van der Waals surface area contributed by atoms with Crippen molar-refractivity contribution in [3.8, 4) is 0 Å². The lowest BCUT2D eigenvalue weighted by Gasteiger charge is -2.40. The van der Waals surface area contributed by atoms with Crippen LogP contribution < -0.4 is 5.32 Å². The maximum absolute atomic E-state index is 3.48. The van der Waals surface area contributed by atoms with E-state index in [0.29, 0.717) is 0 Å². The van der Waals surface area contributed by atoms with Crippen molar-refractivity contribution in [2.75, 3.05) is 26.2 Å². The average molecular weight is 259 g/mol. The van der Waals surface area contributed by atoms with Crippen LogP contribution in [0.15, 0.2) is 0 Å². The molecular weight excluding hydrogens is 232 g/mol. The van der Waals surface area contributed by atoms with Gasteiger partial charge < -0.3 is 5.32 Å². The van der Waals surface area contributed by atoms with Crippen LogP contribution in [0.1, 0.15) is 44.9 Å². The normalized spacial score (nSPS) is 35.3. The summed E-state index contributed by atoms with van der Waals surface area (Å²) in [6, 6.07) is 0.976. The Labute approximate surface area is 112 Å². The maximum Gasteiger partial charge on any atom is 0.0124 e. The summed E-state index contributed by atoms with van der Waals surface area (Å²) in [6.45, 7) is 5.31. The SMILES string of the molecule is C1CC2CCCN(CC3CCNCC3)C2C1.Cl. The van der Waals surface area contributed by atoms with E-state index in [1.54, 1.807) is 0 Å². The Morgan fingerprint density at radius 1 is 0.941 bits per heavy atom. The Hall–Kier alpha value is 0.210. The molecule has 2 aliphatic heterocycles. The Morgan fingerprint density at radius 3 is 2.53 bits per heavy atom. The highest BCUT2D eigenvalue weighted by atomic mass is 35.5. The first kappa shape index (κ1) is 13.6. The van der Waals surface area contributed by atoms with Crippen molar-refractivity contribution in [3.05, 3.63) is 0 Å². The highest BCUT2D eigenvalue weighted by Crippen LogP contribution is 2.37. The van der Waals surface area contributed by atoms with Crippen molar-refractivity contribution >= 4 is 12.4 Å². The molecule has 0 aromatic carbocycles. The third kappa shape index (κ3) is 3.15. The minimum atomic E-state index is 0. The fourth-order valence-corrected chi connectivity index (χ4v) is 4.18. The molecular formula is C14H27ClN2. The number of piperidine rings is 2.